The van der Waals surface area contributed by atoms with Gasteiger partial charge >= 0.3 is 0 Å². The van der Waals surface area contributed by atoms with Gasteiger partial charge in [-0.05, 0) is 73.2 Å². The van der Waals surface area contributed by atoms with Crippen molar-refractivity contribution >= 4 is 10.9 Å². The van der Waals surface area contributed by atoms with E-state index in [1.807, 2.05) is 18.2 Å². The van der Waals surface area contributed by atoms with Crippen molar-refractivity contribution in [3.05, 3.63) is 76.1 Å². The number of likely N-dealkylation sites (tertiary alicyclic amines) is 1. The second-order valence-corrected chi connectivity index (χ2v) is 7.65. The minimum absolute atomic E-state index is 0.0321. The van der Waals surface area contributed by atoms with Gasteiger partial charge in [0.2, 0.25) is 0 Å². The Labute approximate surface area is 164 Å². The molecule has 5 heteroatoms. The van der Waals surface area contributed by atoms with Crippen LogP contribution in [0.15, 0.2) is 53.6 Å². The highest BCUT2D eigenvalue weighted by molar-refractivity contribution is 5.79. The molecule has 1 atom stereocenters. The lowest BCUT2D eigenvalue weighted by Crippen LogP contribution is -2.40. The van der Waals surface area contributed by atoms with Crippen molar-refractivity contribution in [2.24, 2.45) is 0 Å². The van der Waals surface area contributed by atoms with E-state index in [-0.39, 0.29) is 11.4 Å². The Hall–Kier alpha value is -2.53. The fourth-order valence-corrected chi connectivity index (χ4v) is 4.30. The Bertz CT molecular complexity index is 1020. The Balaban J connectivity index is 1.78. The first kappa shape index (κ1) is 18.8. The Morgan fingerprint density at radius 1 is 1.11 bits per heavy atom. The summed E-state index contributed by atoms with van der Waals surface area (Å²) in [5.41, 5.74) is 2.37. The lowest BCUT2D eigenvalue weighted by molar-refractivity contribution is 0.135. The first-order chi connectivity index (χ1) is 13.7. The van der Waals surface area contributed by atoms with Gasteiger partial charge in [-0.3, -0.25) is 14.7 Å². The summed E-state index contributed by atoms with van der Waals surface area (Å²) in [7, 11) is 0. The van der Waals surface area contributed by atoms with Crippen LogP contribution in [0.3, 0.4) is 0 Å². The molecule has 3 heterocycles. The highest BCUT2D eigenvalue weighted by atomic mass is 19.1. The van der Waals surface area contributed by atoms with Crippen molar-refractivity contribution in [1.82, 2.24) is 14.5 Å². The number of pyridine rings is 2. The van der Waals surface area contributed by atoms with Gasteiger partial charge in [-0.15, -0.1) is 0 Å². The van der Waals surface area contributed by atoms with E-state index in [1.54, 1.807) is 23.0 Å². The molecule has 1 aliphatic heterocycles. The van der Waals surface area contributed by atoms with Crippen molar-refractivity contribution in [2.75, 3.05) is 6.54 Å². The summed E-state index contributed by atoms with van der Waals surface area (Å²) < 4.78 is 15.6. The van der Waals surface area contributed by atoms with Crippen LogP contribution in [0.25, 0.3) is 10.9 Å². The molecule has 28 heavy (non-hydrogen) atoms. The fraction of sp³-hybridized carbons (Fsp3) is 0.391. The van der Waals surface area contributed by atoms with Crippen LogP contribution < -0.4 is 5.56 Å². The zero-order chi connectivity index (χ0) is 19.5. The summed E-state index contributed by atoms with van der Waals surface area (Å²) in [6, 6.07) is 10.9. The van der Waals surface area contributed by atoms with Gasteiger partial charge in [0.15, 0.2) is 0 Å². The quantitative estimate of drug-likeness (QED) is 0.662. The minimum Gasteiger partial charge on any atom is -0.303 e. The number of rotatable bonds is 5. The van der Waals surface area contributed by atoms with E-state index in [0.717, 1.165) is 29.5 Å². The number of halogens is 1. The Kier molecular flexibility index (Phi) is 5.53. The zero-order valence-electron chi connectivity index (χ0n) is 16.3. The van der Waals surface area contributed by atoms with Gasteiger partial charge in [0.05, 0.1) is 12.1 Å². The van der Waals surface area contributed by atoms with E-state index < -0.39 is 0 Å². The number of benzene rings is 1. The van der Waals surface area contributed by atoms with Crippen molar-refractivity contribution in [2.45, 2.75) is 51.7 Å². The zero-order valence-corrected chi connectivity index (χ0v) is 16.3. The highest BCUT2D eigenvalue weighted by Crippen LogP contribution is 2.23. The van der Waals surface area contributed by atoms with Crippen LogP contribution in [0, 0.1) is 5.82 Å². The first-order valence-electron chi connectivity index (χ1n) is 10.1. The molecular formula is C23H26FN3O. The molecule has 1 fully saturated rings. The first-order valence-corrected chi connectivity index (χ1v) is 10.1. The Morgan fingerprint density at radius 3 is 2.71 bits per heavy atom. The maximum Gasteiger partial charge on any atom is 0.255 e. The third-order valence-corrected chi connectivity index (χ3v) is 5.82. The van der Waals surface area contributed by atoms with Crippen LogP contribution >= 0.6 is 0 Å². The normalized spacial score (nSPS) is 17.9. The molecule has 1 saturated heterocycles. The third kappa shape index (κ3) is 3.85. The molecule has 0 radical (unpaired) electrons. The molecule has 1 aliphatic rings. The fourth-order valence-electron chi connectivity index (χ4n) is 4.30. The van der Waals surface area contributed by atoms with Crippen molar-refractivity contribution in [3.8, 4) is 0 Å². The smallest absolute Gasteiger partial charge is 0.255 e. The predicted molar refractivity (Wildman–Crippen MR) is 110 cm³/mol. The van der Waals surface area contributed by atoms with E-state index in [4.69, 9.17) is 0 Å². The van der Waals surface area contributed by atoms with Gasteiger partial charge in [-0.2, -0.15) is 0 Å². The number of fused-ring (bicyclic) bond motifs is 1. The lowest BCUT2D eigenvalue weighted by Gasteiger charge is -2.35. The van der Waals surface area contributed by atoms with E-state index in [9.17, 15) is 9.18 Å². The summed E-state index contributed by atoms with van der Waals surface area (Å²) in [6.07, 6.45) is 8.17. The number of hydrogen-bond acceptors (Lipinski definition) is 3. The minimum atomic E-state index is -0.329. The lowest BCUT2D eigenvalue weighted by atomic mass is 9.99. The summed E-state index contributed by atoms with van der Waals surface area (Å²) >= 11 is 0. The molecule has 0 N–H and O–H groups in total. The summed E-state index contributed by atoms with van der Waals surface area (Å²) in [4.78, 5) is 19.8. The van der Waals surface area contributed by atoms with Gasteiger partial charge in [0, 0.05) is 30.5 Å². The summed E-state index contributed by atoms with van der Waals surface area (Å²) in [5, 5.41) is 0.898. The van der Waals surface area contributed by atoms with Gasteiger partial charge in [0.25, 0.3) is 5.56 Å². The van der Waals surface area contributed by atoms with Gasteiger partial charge in [-0.1, -0.05) is 13.3 Å². The molecule has 1 aromatic carbocycles. The van der Waals surface area contributed by atoms with Crippen LogP contribution in [0.1, 0.15) is 43.7 Å². The van der Waals surface area contributed by atoms with Gasteiger partial charge in [-0.25, -0.2) is 4.39 Å². The average molecular weight is 379 g/mol. The maximum atomic E-state index is 13.9. The van der Waals surface area contributed by atoms with E-state index in [0.29, 0.717) is 24.6 Å². The van der Waals surface area contributed by atoms with Crippen LogP contribution in [-0.4, -0.2) is 27.0 Å². The highest BCUT2D eigenvalue weighted by Gasteiger charge is 2.22. The second kappa shape index (κ2) is 8.23. The second-order valence-electron chi connectivity index (χ2n) is 7.65. The molecule has 4 nitrogen and oxygen atoms in total. The molecule has 0 bridgehead atoms. The van der Waals surface area contributed by atoms with E-state index in [1.165, 1.54) is 31.4 Å². The topological polar surface area (TPSA) is 38.1 Å². The molecule has 0 unspecified atom stereocenters. The molecule has 0 aliphatic carbocycles. The standard InChI is InChI=1S/C23H26FN3O/c1-2-21-5-3-4-12-26(21)16-19-13-18-6-7-20(24)14-22(18)27(23(19)28)15-17-8-10-25-11-9-17/h6-11,13-14,21H,2-5,12,15-16H2,1H3/t21-/m1/s1. The largest absolute Gasteiger partial charge is 0.303 e. The molecule has 0 saturated carbocycles. The molecule has 4 rings (SSSR count). The van der Waals surface area contributed by atoms with Crippen LogP contribution in [0.5, 0.6) is 0 Å². The molecular weight excluding hydrogens is 353 g/mol. The number of aromatic nitrogens is 2. The average Bonchev–Trinajstić information content (AvgIpc) is 2.72. The SMILES string of the molecule is CC[C@@H]1CCCCN1Cc1cc2ccc(F)cc2n(Cc2ccncc2)c1=O. The monoisotopic (exact) mass is 379 g/mol. The molecule has 146 valence electrons. The Morgan fingerprint density at radius 2 is 1.93 bits per heavy atom. The van der Waals surface area contributed by atoms with Crippen LogP contribution in [-0.2, 0) is 13.1 Å². The predicted octanol–water partition coefficient (Wildman–Crippen LogP) is 4.35. The summed E-state index contributed by atoms with van der Waals surface area (Å²) in [5.74, 6) is -0.329. The molecule has 2 aromatic heterocycles. The van der Waals surface area contributed by atoms with Crippen molar-refractivity contribution < 1.29 is 4.39 Å². The van der Waals surface area contributed by atoms with E-state index >= 15 is 0 Å². The number of hydrogen-bond donors (Lipinski definition) is 0. The molecule has 0 spiro atoms. The van der Waals surface area contributed by atoms with Crippen LogP contribution in [0.2, 0.25) is 0 Å². The van der Waals surface area contributed by atoms with Crippen molar-refractivity contribution in [1.29, 1.82) is 0 Å². The summed E-state index contributed by atoms with van der Waals surface area (Å²) in [6.45, 7) is 4.31. The van der Waals surface area contributed by atoms with E-state index in [2.05, 4.69) is 16.8 Å². The van der Waals surface area contributed by atoms with Gasteiger partial charge in [0.1, 0.15) is 5.82 Å². The van der Waals surface area contributed by atoms with Gasteiger partial charge < -0.3 is 4.57 Å². The number of nitrogens with zero attached hydrogens (tertiary/aromatic N) is 3. The molecule has 0 amide bonds. The van der Waals surface area contributed by atoms with Crippen LogP contribution in [0.4, 0.5) is 4.39 Å². The number of piperidine rings is 1. The van der Waals surface area contributed by atoms with Crippen molar-refractivity contribution in [3.63, 3.8) is 0 Å². The maximum absolute atomic E-state index is 13.9. The third-order valence-electron chi connectivity index (χ3n) is 5.82. The molecule has 3 aromatic rings.